The number of rotatable bonds is 3. The van der Waals surface area contributed by atoms with Gasteiger partial charge in [-0.15, -0.1) is 13.2 Å². The van der Waals surface area contributed by atoms with Gasteiger partial charge >= 0.3 is 12.3 Å². The Morgan fingerprint density at radius 3 is 2.40 bits per heavy atom. The number of halogens is 3. The lowest BCUT2D eigenvalue weighted by Crippen LogP contribution is -2.33. The Labute approximate surface area is 113 Å². The van der Waals surface area contributed by atoms with Gasteiger partial charge in [0, 0.05) is 5.69 Å². The monoisotopic (exact) mass is 289 g/mol. The van der Waals surface area contributed by atoms with Crippen LogP contribution in [0.2, 0.25) is 0 Å². The number of carboxylic acid groups (broad SMARTS) is 1. The summed E-state index contributed by atoms with van der Waals surface area (Å²) in [5.74, 6) is -1.51. The molecule has 1 aliphatic carbocycles. The summed E-state index contributed by atoms with van der Waals surface area (Å²) in [4.78, 5) is 11.6. The number of nitrogens with two attached hydrogens (primary N) is 1. The lowest BCUT2D eigenvalue weighted by Gasteiger charge is -2.26. The fourth-order valence-corrected chi connectivity index (χ4v) is 2.72. The Morgan fingerprint density at radius 1 is 1.30 bits per heavy atom. The van der Waals surface area contributed by atoms with E-state index in [9.17, 15) is 23.1 Å². The molecule has 0 aliphatic heterocycles. The van der Waals surface area contributed by atoms with Gasteiger partial charge in [0.1, 0.15) is 5.75 Å². The second-order valence-electron chi connectivity index (χ2n) is 4.89. The summed E-state index contributed by atoms with van der Waals surface area (Å²) >= 11 is 0. The van der Waals surface area contributed by atoms with Crippen LogP contribution in [0.15, 0.2) is 18.2 Å². The van der Waals surface area contributed by atoms with Crippen molar-refractivity contribution in [1.29, 1.82) is 0 Å². The summed E-state index contributed by atoms with van der Waals surface area (Å²) in [6, 6.07) is 3.42. The largest absolute Gasteiger partial charge is 0.573 e. The van der Waals surface area contributed by atoms with Gasteiger partial charge in [-0.2, -0.15) is 0 Å². The first kappa shape index (κ1) is 14.5. The number of aliphatic carboxylic acids is 1. The smallest absolute Gasteiger partial charge is 0.481 e. The van der Waals surface area contributed by atoms with E-state index in [0.29, 0.717) is 25.7 Å². The summed E-state index contributed by atoms with van der Waals surface area (Å²) in [6.45, 7) is 0. The summed E-state index contributed by atoms with van der Waals surface area (Å²) in [5, 5.41) is 9.45. The van der Waals surface area contributed by atoms with Crippen LogP contribution in [-0.4, -0.2) is 17.4 Å². The highest BCUT2D eigenvalue weighted by molar-refractivity contribution is 5.84. The molecule has 0 atom stereocenters. The fraction of sp³-hybridized carbons (Fsp3) is 0.462. The third-order valence-corrected chi connectivity index (χ3v) is 3.64. The topological polar surface area (TPSA) is 72.5 Å². The van der Waals surface area contributed by atoms with Crippen LogP contribution < -0.4 is 10.5 Å². The minimum absolute atomic E-state index is 0.170. The summed E-state index contributed by atoms with van der Waals surface area (Å²) in [7, 11) is 0. The van der Waals surface area contributed by atoms with Gasteiger partial charge in [-0.3, -0.25) is 4.79 Å². The zero-order valence-electron chi connectivity index (χ0n) is 10.5. The first-order chi connectivity index (χ1) is 9.24. The molecule has 0 heterocycles. The standard InChI is InChI=1S/C13H14F3NO3/c14-13(15,16)20-8-3-4-10(17)9(7-8)12(11(18)19)5-1-2-6-12/h3-4,7H,1-2,5-6,17H2,(H,18,19). The number of nitrogen functional groups attached to an aromatic ring is 1. The number of carboxylic acids is 1. The average Bonchev–Trinajstić information content (AvgIpc) is 2.80. The number of anilines is 1. The highest BCUT2D eigenvalue weighted by Gasteiger charge is 2.44. The SMILES string of the molecule is Nc1ccc(OC(F)(F)F)cc1C1(C(=O)O)CCCC1. The lowest BCUT2D eigenvalue weighted by atomic mass is 9.78. The van der Waals surface area contributed by atoms with E-state index in [1.165, 1.54) is 6.07 Å². The molecule has 0 saturated heterocycles. The number of benzene rings is 1. The van der Waals surface area contributed by atoms with Gasteiger partial charge in [0.15, 0.2) is 0 Å². The van der Waals surface area contributed by atoms with E-state index >= 15 is 0 Å². The maximum atomic E-state index is 12.2. The molecule has 2 rings (SSSR count). The predicted molar refractivity (Wildman–Crippen MR) is 65.3 cm³/mol. The number of hydrogen-bond acceptors (Lipinski definition) is 3. The Bertz CT molecular complexity index is 522. The maximum Gasteiger partial charge on any atom is 0.573 e. The molecule has 1 aromatic rings. The van der Waals surface area contributed by atoms with Crippen molar-refractivity contribution < 1.29 is 27.8 Å². The third-order valence-electron chi connectivity index (χ3n) is 3.64. The van der Waals surface area contributed by atoms with Gasteiger partial charge in [-0.1, -0.05) is 12.8 Å². The molecule has 1 fully saturated rings. The van der Waals surface area contributed by atoms with Gasteiger partial charge in [-0.25, -0.2) is 0 Å². The van der Waals surface area contributed by atoms with E-state index in [1.807, 2.05) is 0 Å². The quantitative estimate of drug-likeness (QED) is 0.839. The third kappa shape index (κ3) is 2.66. The van der Waals surface area contributed by atoms with Crippen molar-refractivity contribution in [2.75, 3.05) is 5.73 Å². The van der Waals surface area contributed by atoms with Crippen LogP contribution in [0.1, 0.15) is 31.2 Å². The molecule has 1 aromatic carbocycles. The Balaban J connectivity index is 2.44. The fourth-order valence-electron chi connectivity index (χ4n) is 2.72. The molecule has 0 spiro atoms. The highest BCUT2D eigenvalue weighted by Crippen LogP contribution is 2.45. The summed E-state index contributed by atoms with van der Waals surface area (Å²) < 4.78 is 40.5. The van der Waals surface area contributed by atoms with E-state index in [-0.39, 0.29) is 11.3 Å². The number of ether oxygens (including phenoxy) is 1. The number of carbonyl (C=O) groups is 1. The first-order valence-electron chi connectivity index (χ1n) is 6.14. The number of alkyl halides is 3. The van der Waals surface area contributed by atoms with Gasteiger partial charge in [0.05, 0.1) is 5.41 Å². The molecule has 1 aliphatic rings. The molecular formula is C13H14F3NO3. The van der Waals surface area contributed by atoms with Crippen molar-refractivity contribution in [3.63, 3.8) is 0 Å². The van der Waals surface area contributed by atoms with Gasteiger partial charge in [0.25, 0.3) is 0 Å². The summed E-state index contributed by atoms with van der Waals surface area (Å²) in [5.41, 5.74) is 4.91. The highest BCUT2D eigenvalue weighted by atomic mass is 19.4. The van der Waals surface area contributed by atoms with Crippen LogP contribution >= 0.6 is 0 Å². The second-order valence-corrected chi connectivity index (χ2v) is 4.89. The average molecular weight is 289 g/mol. The Hall–Kier alpha value is -1.92. The molecule has 7 heteroatoms. The zero-order chi connectivity index (χ0) is 15.0. The molecule has 0 unspecified atom stereocenters. The first-order valence-corrected chi connectivity index (χ1v) is 6.14. The van der Waals surface area contributed by atoms with Crippen LogP contribution in [0.5, 0.6) is 5.75 Å². The van der Waals surface area contributed by atoms with E-state index in [0.717, 1.165) is 12.1 Å². The normalized spacial score (nSPS) is 17.9. The van der Waals surface area contributed by atoms with Crippen LogP contribution in [-0.2, 0) is 10.2 Å². The molecule has 3 N–H and O–H groups in total. The van der Waals surface area contributed by atoms with Crippen molar-refractivity contribution in [3.05, 3.63) is 23.8 Å². The Morgan fingerprint density at radius 2 is 1.90 bits per heavy atom. The maximum absolute atomic E-state index is 12.2. The Kier molecular flexibility index (Phi) is 3.54. The molecule has 20 heavy (non-hydrogen) atoms. The molecule has 4 nitrogen and oxygen atoms in total. The zero-order valence-corrected chi connectivity index (χ0v) is 10.5. The molecule has 0 radical (unpaired) electrons. The van der Waals surface area contributed by atoms with Crippen molar-refractivity contribution >= 4 is 11.7 Å². The minimum atomic E-state index is -4.82. The van der Waals surface area contributed by atoms with E-state index in [1.54, 1.807) is 0 Å². The van der Waals surface area contributed by atoms with Crippen LogP contribution in [0.4, 0.5) is 18.9 Å². The van der Waals surface area contributed by atoms with E-state index in [2.05, 4.69) is 4.74 Å². The van der Waals surface area contributed by atoms with Gasteiger partial charge in [-0.05, 0) is 36.6 Å². The van der Waals surface area contributed by atoms with Crippen molar-refractivity contribution in [2.45, 2.75) is 37.5 Å². The molecule has 0 amide bonds. The van der Waals surface area contributed by atoms with Gasteiger partial charge in [0.2, 0.25) is 0 Å². The van der Waals surface area contributed by atoms with Crippen molar-refractivity contribution in [1.82, 2.24) is 0 Å². The summed E-state index contributed by atoms with van der Waals surface area (Å²) in [6.07, 6.45) is -2.68. The van der Waals surface area contributed by atoms with Crippen LogP contribution in [0.25, 0.3) is 0 Å². The number of hydrogen-bond donors (Lipinski definition) is 2. The predicted octanol–water partition coefficient (Wildman–Crippen LogP) is 3.06. The van der Waals surface area contributed by atoms with Crippen molar-refractivity contribution in [3.8, 4) is 5.75 Å². The van der Waals surface area contributed by atoms with Crippen LogP contribution in [0, 0.1) is 0 Å². The lowest BCUT2D eigenvalue weighted by molar-refractivity contribution is -0.274. The van der Waals surface area contributed by atoms with Gasteiger partial charge < -0.3 is 15.6 Å². The molecule has 0 aromatic heterocycles. The molecule has 1 saturated carbocycles. The second kappa shape index (κ2) is 4.88. The van der Waals surface area contributed by atoms with E-state index < -0.39 is 23.5 Å². The minimum Gasteiger partial charge on any atom is -0.481 e. The molecular weight excluding hydrogens is 275 g/mol. The van der Waals surface area contributed by atoms with E-state index in [4.69, 9.17) is 5.73 Å². The molecule has 110 valence electrons. The van der Waals surface area contributed by atoms with Crippen LogP contribution in [0.3, 0.4) is 0 Å². The molecule has 0 bridgehead atoms. The van der Waals surface area contributed by atoms with Crippen molar-refractivity contribution in [2.24, 2.45) is 0 Å².